The highest BCUT2D eigenvalue weighted by Crippen LogP contribution is 2.32. The van der Waals surface area contributed by atoms with Crippen molar-refractivity contribution in [3.8, 4) is 22.8 Å². The van der Waals surface area contributed by atoms with E-state index < -0.39 is 17.5 Å². The Kier molecular flexibility index (Phi) is 7.19. The zero-order valence-electron chi connectivity index (χ0n) is 21.2. The van der Waals surface area contributed by atoms with Crippen molar-refractivity contribution < 1.29 is 18.7 Å². The summed E-state index contributed by atoms with van der Waals surface area (Å²) in [5, 5.41) is 13.7. The predicted molar refractivity (Wildman–Crippen MR) is 139 cm³/mol. The van der Waals surface area contributed by atoms with Crippen LogP contribution in [0.15, 0.2) is 54.9 Å². The van der Waals surface area contributed by atoms with E-state index in [0.717, 1.165) is 5.56 Å². The number of hydrogen-bond donors (Lipinski definition) is 2. The molecule has 0 aliphatic rings. The van der Waals surface area contributed by atoms with Crippen LogP contribution in [0.1, 0.15) is 34.1 Å². The topological polar surface area (TPSA) is 129 Å². The number of ether oxygens (including phenoxy) is 2. The van der Waals surface area contributed by atoms with Crippen LogP contribution in [0.3, 0.4) is 0 Å². The Labute approximate surface area is 214 Å². The molecular formula is C27H29FN6O3. The van der Waals surface area contributed by atoms with Crippen LogP contribution in [0, 0.1) is 17.1 Å². The number of nitrogens with zero attached hydrogens (tertiary/aromatic N) is 4. The molecule has 9 nitrogen and oxygen atoms in total. The highest BCUT2D eigenvalue weighted by atomic mass is 19.1. The number of carbonyl (C=O) groups is 1. The van der Waals surface area contributed by atoms with E-state index in [4.69, 9.17) is 25.7 Å². The molecule has 0 unspecified atom stereocenters. The summed E-state index contributed by atoms with van der Waals surface area (Å²) in [7, 11) is 0. The lowest BCUT2D eigenvalue weighted by Gasteiger charge is -2.22. The minimum atomic E-state index is -0.695. The number of fused-ring (bicyclic) bond motifs is 1. The summed E-state index contributed by atoms with van der Waals surface area (Å²) in [6.07, 6.45) is 1.89. The number of aromatic nitrogens is 4. The molecule has 0 radical (unpaired) electrons. The molecule has 0 spiro atoms. The second-order valence-electron chi connectivity index (χ2n) is 9.59. The molecule has 192 valence electrons. The van der Waals surface area contributed by atoms with Gasteiger partial charge in [-0.2, -0.15) is 5.10 Å². The van der Waals surface area contributed by atoms with Gasteiger partial charge in [0, 0.05) is 17.5 Å². The molecule has 0 bridgehead atoms. The maximum atomic E-state index is 13.5. The van der Waals surface area contributed by atoms with E-state index in [2.05, 4.69) is 9.97 Å². The van der Waals surface area contributed by atoms with E-state index in [-0.39, 0.29) is 23.9 Å². The molecular weight excluding hydrogens is 475 g/mol. The highest BCUT2D eigenvalue weighted by molar-refractivity contribution is 6.36. The van der Waals surface area contributed by atoms with Gasteiger partial charge in [-0.25, -0.2) is 23.8 Å². The van der Waals surface area contributed by atoms with Gasteiger partial charge in [0.25, 0.3) is 0 Å². The first-order chi connectivity index (χ1) is 17.6. The molecule has 37 heavy (non-hydrogen) atoms. The number of nitrogen functional groups attached to an aromatic ring is 1. The van der Waals surface area contributed by atoms with Crippen LogP contribution in [0.4, 0.5) is 10.2 Å². The van der Waals surface area contributed by atoms with Crippen LogP contribution in [0.2, 0.25) is 0 Å². The summed E-state index contributed by atoms with van der Waals surface area (Å²) >= 11 is 0. The van der Waals surface area contributed by atoms with E-state index in [9.17, 15) is 9.18 Å². The smallest absolute Gasteiger partial charge is 0.352 e. The minimum absolute atomic E-state index is 0.122. The first-order valence-electron chi connectivity index (χ1n) is 11.9. The standard InChI is InChI=1S/C27H29FN6O3/c1-5-16(22(29)26(35)37-27(2,3)4)14-34-25-21(24(30)31-15-32-25)23(33-34)17-9-11-19(12-10-17)36-20-8-6-7-18(28)13-20/h6-13,15-16,29H,5,14H2,1-4H3,(H2,30,31,32)/t16-/m1/s1. The van der Waals surface area contributed by atoms with Crippen LogP contribution in [0.25, 0.3) is 22.3 Å². The van der Waals surface area contributed by atoms with Crippen molar-refractivity contribution in [2.75, 3.05) is 5.73 Å². The molecule has 0 fully saturated rings. The number of rotatable bonds is 8. The monoisotopic (exact) mass is 504 g/mol. The summed E-state index contributed by atoms with van der Waals surface area (Å²) in [6, 6.07) is 13.0. The summed E-state index contributed by atoms with van der Waals surface area (Å²) in [4.78, 5) is 21.0. The third-order valence-electron chi connectivity index (χ3n) is 5.63. The molecule has 4 rings (SSSR count). The zero-order chi connectivity index (χ0) is 26.7. The first-order valence-corrected chi connectivity index (χ1v) is 11.9. The largest absolute Gasteiger partial charge is 0.457 e. The molecule has 4 aromatic rings. The molecule has 0 aliphatic heterocycles. The molecule has 2 aromatic carbocycles. The van der Waals surface area contributed by atoms with Crippen molar-refractivity contribution in [1.82, 2.24) is 19.7 Å². The van der Waals surface area contributed by atoms with Crippen molar-refractivity contribution in [1.29, 1.82) is 5.41 Å². The fourth-order valence-corrected chi connectivity index (χ4v) is 3.84. The number of esters is 1. The van der Waals surface area contributed by atoms with Crippen LogP contribution in [-0.4, -0.2) is 37.0 Å². The normalized spacial score (nSPS) is 12.4. The number of hydrogen-bond acceptors (Lipinski definition) is 8. The van der Waals surface area contributed by atoms with E-state index in [1.54, 1.807) is 49.7 Å². The lowest BCUT2D eigenvalue weighted by atomic mass is 10.00. The maximum Gasteiger partial charge on any atom is 0.352 e. The van der Waals surface area contributed by atoms with Crippen molar-refractivity contribution in [3.05, 3.63) is 60.7 Å². The fraction of sp³-hybridized carbons (Fsp3) is 0.296. The van der Waals surface area contributed by atoms with Gasteiger partial charge < -0.3 is 15.2 Å². The third kappa shape index (κ3) is 5.91. The molecule has 3 N–H and O–H groups in total. The highest BCUT2D eigenvalue weighted by Gasteiger charge is 2.27. The number of halogens is 1. The van der Waals surface area contributed by atoms with Crippen molar-refractivity contribution in [2.24, 2.45) is 5.92 Å². The van der Waals surface area contributed by atoms with Crippen LogP contribution >= 0.6 is 0 Å². The van der Waals surface area contributed by atoms with E-state index in [0.29, 0.717) is 34.6 Å². The van der Waals surface area contributed by atoms with Gasteiger partial charge in [-0.1, -0.05) is 13.0 Å². The number of carbonyl (C=O) groups excluding carboxylic acids is 1. The zero-order valence-corrected chi connectivity index (χ0v) is 21.2. The Morgan fingerprint density at radius 1 is 1.14 bits per heavy atom. The lowest BCUT2D eigenvalue weighted by molar-refractivity contribution is -0.146. The minimum Gasteiger partial charge on any atom is -0.457 e. The first kappa shape index (κ1) is 25.7. The third-order valence-corrected chi connectivity index (χ3v) is 5.63. The van der Waals surface area contributed by atoms with Gasteiger partial charge in [-0.15, -0.1) is 0 Å². The molecule has 2 aromatic heterocycles. The second kappa shape index (κ2) is 10.3. The van der Waals surface area contributed by atoms with Crippen molar-refractivity contribution >= 4 is 28.5 Å². The van der Waals surface area contributed by atoms with Gasteiger partial charge >= 0.3 is 5.97 Å². The summed E-state index contributed by atoms with van der Waals surface area (Å²) in [5.41, 5.74) is 7.20. The van der Waals surface area contributed by atoms with Gasteiger partial charge in [0.1, 0.15) is 46.5 Å². The van der Waals surface area contributed by atoms with Gasteiger partial charge in [-0.3, -0.25) is 5.41 Å². The van der Waals surface area contributed by atoms with Gasteiger partial charge in [0.05, 0.1) is 11.9 Å². The Bertz CT molecular complexity index is 1440. The summed E-state index contributed by atoms with van der Waals surface area (Å²) < 4.78 is 26.2. The van der Waals surface area contributed by atoms with E-state index in [1.165, 1.54) is 18.5 Å². The quantitative estimate of drug-likeness (QED) is 0.243. The van der Waals surface area contributed by atoms with E-state index in [1.807, 2.05) is 19.1 Å². The van der Waals surface area contributed by atoms with E-state index >= 15 is 0 Å². The molecule has 10 heteroatoms. The SMILES string of the molecule is CC[C@H](Cn1nc(-c2ccc(Oc3cccc(F)c3)cc2)c2c(N)ncnc21)C(=N)C(=O)OC(C)(C)C. The average Bonchev–Trinajstić information content (AvgIpc) is 3.21. The number of nitrogens with two attached hydrogens (primary N) is 1. The second-order valence-corrected chi connectivity index (χ2v) is 9.59. The summed E-state index contributed by atoms with van der Waals surface area (Å²) in [5.74, 6) is -0.297. The molecule has 0 saturated heterocycles. The van der Waals surface area contributed by atoms with Crippen molar-refractivity contribution in [2.45, 2.75) is 46.3 Å². The lowest BCUT2D eigenvalue weighted by Crippen LogP contribution is -2.34. The van der Waals surface area contributed by atoms with Gasteiger partial charge in [-0.05, 0) is 63.6 Å². The fourth-order valence-electron chi connectivity index (χ4n) is 3.84. The molecule has 0 saturated carbocycles. The Hall–Kier alpha value is -4.34. The Morgan fingerprint density at radius 3 is 2.51 bits per heavy atom. The van der Waals surface area contributed by atoms with Crippen molar-refractivity contribution in [3.63, 3.8) is 0 Å². The van der Waals surface area contributed by atoms with Gasteiger partial charge in [0.15, 0.2) is 5.65 Å². The molecule has 0 aliphatic carbocycles. The molecule has 2 heterocycles. The van der Waals surface area contributed by atoms with Crippen LogP contribution < -0.4 is 10.5 Å². The Morgan fingerprint density at radius 2 is 1.86 bits per heavy atom. The molecule has 1 atom stereocenters. The number of nitrogens with one attached hydrogen (secondary N) is 1. The maximum absolute atomic E-state index is 13.5. The average molecular weight is 505 g/mol. The molecule has 0 amide bonds. The number of anilines is 1. The van der Waals surface area contributed by atoms with Gasteiger partial charge in [0.2, 0.25) is 0 Å². The van der Waals surface area contributed by atoms with Crippen LogP contribution in [-0.2, 0) is 16.1 Å². The Balaban J connectivity index is 1.64. The predicted octanol–water partition coefficient (Wildman–Crippen LogP) is 5.39. The number of benzene rings is 2. The summed E-state index contributed by atoms with van der Waals surface area (Å²) in [6.45, 7) is 7.43. The van der Waals surface area contributed by atoms with Crippen LogP contribution in [0.5, 0.6) is 11.5 Å².